The highest BCUT2D eigenvalue weighted by atomic mass is 16.5. The maximum absolute atomic E-state index is 11.5. The van der Waals surface area contributed by atoms with Crippen LogP contribution in [0.15, 0.2) is 48.5 Å². The topological polar surface area (TPSA) is 79.4 Å². The molecule has 0 atom stereocenters. The second-order valence-electron chi connectivity index (χ2n) is 6.64. The van der Waals surface area contributed by atoms with Gasteiger partial charge in [0.25, 0.3) is 0 Å². The smallest absolute Gasteiger partial charge is 0.249 e. The average molecular weight is 353 g/mol. The Morgan fingerprint density at radius 1 is 1.19 bits per heavy atom. The third-order valence-electron chi connectivity index (χ3n) is 4.37. The fourth-order valence-corrected chi connectivity index (χ4v) is 2.66. The van der Waals surface area contributed by atoms with Crippen LogP contribution in [0.25, 0.3) is 10.9 Å². The van der Waals surface area contributed by atoms with Crippen molar-refractivity contribution in [2.75, 3.05) is 7.11 Å². The molecule has 26 heavy (non-hydrogen) atoms. The predicted molar refractivity (Wildman–Crippen MR) is 99.9 cm³/mol. The Labute approximate surface area is 152 Å². The van der Waals surface area contributed by atoms with Crippen LogP contribution in [0, 0.1) is 0 Å². The number of aromatic nitrogens is 2. The van der Waals surface area contributed by atoms with Gasteiger partial charge in [0.05, 0.1) is 31.5 Å². The first-order chi connectivity index (χ1) is 12.4. The van der Waals surface area contributed by atoms with Crippen LogP contribution < -0.4 is 10.5 Å². The molecule has 0 spiro atoms. The number of benzene rings is 2. The zero-order valence-electron chi connectivity index (χ0n) is 15.2. The molecule has 3 aromatic rings. The molecule has 2 aromatic carbocycles. The number of methoxy groups -OCH3 is 1. The van der Waals surface area contributed by atoms with Crippen LogP contribution in [0.5, 0.6) is 5.75 Å². The van der Waals surface area contributed by atoms with Gasteiger partial charge in [-0.1, -0.05) is 30.3 Å². The van der Waals surface area contributed by atoms with E-state index in [0.717, 1.165) is 27.9 Å². The van der Waals surface area contributed by atoms with Gasteiger partial charge in [-0.2, -0.15) is 5.10 Å². The van der Waals surface area contributed by atoms with Gasteiger partial charge in [-0.05, 0) is 37.6 Å². The molecule has 0 aliphatic carbocycles. The van der Waals surface area contributed by atoms with Crippen LogP contribution in [0.4, 0.5) is 0 Å². The lowest BCUT2D eigenvalue weighted by molar-refractivity contribution is -0.140. The van der Waals surface area contributed by atoms with E-state index in [0.29, 0.717) is 6.54 Å². The van der Waals surface area contributed by atoms with E-state index in [1.165, 1.54) is 0 Å². The molecule has 136 valence electrons. The van der Waals surface area contributed by atoms with Crippen molar-refractivity contribution >= 4 is 16.8 Å². The summed E-state index contributed by atoms with van der Waals surface area (Å²) in [5.41, 5.74) is 7.20. The number of ether oxygens (including phenoxy) is 2. The van der Waals surface area contributed by atoms with Gasteiger partial charge in [0.15, 0.2) is 0 Å². The summed E-state index contributed by atoms with van der Waals surface area (Å²) in [7, 11) is 1.63. The molecular formula is C20H23N3O3. The molecule has 0 saturated carbocycles. The Hall–Kier alpha value is -2.86. The van der Waals surface area contributed by atoms with Crippen molar-refractivity contribution in [3.8, 4) is 5.75 Å². The first-order valence-electron chi connectivity index (χ1n) is 8.42. The van der Waals surface area contributed by atoms with Gasteiger partial charge in [0, 0.05) is 5.39 Å². The van der Waals surface area contributed by atoms with Gasteiger partial charge in [-0.3, -0.25) is 9.48 Å². The molecule has 6 nitrogen and oxygen atoms in total. The molecule has 0 aliphatic rings. The minimum atomic E-state index is -1.06. The third-order valence-corrected chi connectivity index (χ3v) is 4.37. The molecule has 0 aliphatic heterocycles. The van der Waals surface area contributed by atoms with E-state index in [4.69, 9.17) is 20.3 Å². The van der Waals surface area contributed by atoms with Gasteiger partial charge < -0.3 is 15.2 Å². The van der Waals surface area contributed by atoms with E-state index in [-0.39, 0.29) is 6.61 Å². The fourth-order valence-electron chi connectivity index (χ4n) is 2.66. The van der Waals surface area contributed by atoms with Gasteiger partial charge in [-0.25, -0.2) is 0 Å². The summed E-state index contributed by atoms with van der Waals surface area (Å²) >= 11 is 0. The van der Waals surface area contributed by atoms with Crippen molar-refractivity contribution in [2.24, 2.45) is 5.73 Å². The Morgan fingerprint density at radius 3 is 2.58 bits per heavy atom. The standard InChI is InChI=1S/C20H23N3O3/c1-20(2,19(21)24)26-13-17-16-11-15(25-3)9-10-18(16)23(22-17)12-14-7-5-4-6-8-14/h4-11H,12-13H2,1-3H3,(H2,21,24). The van der Waals surface area contributed by atoms with Crippen LogP contribution in [-0.2, 0) is 22.7 Å². The Bertz CT molecular complexity index is 917. The van der Waals surface area contributed by atoms with Crippen LogP contribution >= 0.6 is 0 Å². The molecule has 2 N–H and O–H groups in total. The predicted octanol–water partition coefficient (Wildman–Crippen LogP) is 2.87. The number of fused-ring (bicyclic) bond motifs is 1. The van der Waals surface area contributed by atoms with Gasteiger partial charge in [-0.15, -0.1) is 0 Å². The summed E-state index contributed by atoms with van der Waals surface area (Å²) in [5.74, 6) is 0.232. The Kier molecular flexibility index (Phi) is 4.95. The molecule has 1 amide bonds. The quantitative estimate of drug-likeness (QED) is 0.708. The van der Waals surface area contributed by atoms with Crippen molar-refractivity contribution in [2.45, 2.75) is 32.6 Å². The summed E-state index contributed by atoms with van der Waals surface area (Å²) < 4.78 is 13.0. The number of nitrogens with two attached hydrogens (primary N) is 1. The van der Waals surface area contributed by atoms with Gasteiger partial charge >= 0.3 is 0 Å². The first kappa shape index (κ1) is 17.9. The van der Waals surface area contributed by atoms with Gasteiger partial charge in [0.1, 0.15) is 11.4 Å². The van der Waals surface area contributed by atoms with Crippen molar-refractivity contribution in [1.29, 1.82) is 0 Å². The van der Waals surface area contributed by atoms with E-state index in [1.807, 2.05) is 41.1 Å². The highest BCUT2D eigenvalue weighted by Gasteiger charge is 2.26. The largest absolute Gasteiger partial charge is 0.497 e. The number of amides is 1. The summed E-state index contributed by atoms with van der Waals surface area (Å²) in [6.45, 7) is 4.13. The van der Waals surface area contributed by atoms with Crippen molar-refractivity contribution in [1.82, 2.24) is 9.78 Å². The lowest BCUT2D eigenvalue weighted by atomic mass is 10.1. The molecule has 1 heterocycles. The number of primary amides is 1. The first-order valence-corrected chi connectivity index (χ1v) is 8.42. The number of nitrogens with zero attached hydrogens (tertiary/aromatic N) is 2. The van der Waals surface area contributed by atoms with E-state index >= 15 is 0 Å². The van der Waals surface area contributed by atoms with Crippen molar-refractivity contribution in [3.63, 3.8) is 0 Å². The van der Waals surface area contributed by atoms with Crippen LogP contribution in [-0.4, -0.2) is 28.4 Å². The Morgan fingerprint density at radius 2 is 1.92 bits per heavy atom. The number of carbonyl (C=O) groups excluding carboxylic acids is 1. The number of hydrogen-bond donors (Lipinski definition) is 1. The average Bonchev–Trinajstić information content (AvgIpc) is 2.97. The van der Waals surface area contributed by atoms with E-state index < -0.39 is 11.5 Å². The maximum atomic E-state index is 11.5. The molecule has 0 saturated heterocycles. The number of carbonyl (C=O) groups is 1. The second kappa shape index (κ2) is 7.17. The summed E-state index contributed by atoms with van der Waals surface area (Å²) in [5, 5.41) is 5.64. The van der Waals surface area contributed by atoms with E-state index in [9.17, 15) is 4.79 Å². The molecular weight excluding hydrogens is 330 g/mol. The summed E-state index contributed by atoms with van der Waals surface area (Å²) in [6, 6.07) is 15.9. The minimum absolute atomic E-state index is 0.182. The van der Waals surface area contributed by atoms with Crippen LogP contribution in [0.1, 0.15) is 25.1 Å². The monoisotopic (exact) mass is 353 g/mol. The molecule has 0 fully saturated rings. The van der Waals surface area contributed by atoms with Crippen LogP contribution in [0.2, 0.25) is 0 Å². The zero-order valence-corrected chi connectivity index (χ0v) is 15.2. The summed E-state index contributed by atoms with van der Waals surface area (Å²) in [4.78, 5) is 11.5. The fraction of sp³-hybridized carbons (Fsp3) is 0.300. The van der Waals surface area contributed by atoms with Crippen LogP contribution in [0.3, 0.4) is 0 Å². The molecule has 0 unspecified atom stereocenters. The summed E-state index contributed by atoms with van der Waals surface area (Å²) in [6.07, 6.45) is 0. The number of rotatable bonds is 7. The molecule has 0 bridgehead atoms. The molecule has 1 aromatic heterocycles. The van der Waals surface area contributed by atoms with E-state index in [2.05, 4.69) is 12.1 Å². The minimum Gasteiger partial charge on any atom is -0.497 e. The maximum Gasteiger partial charge on any atom is 0.249 e. The van der Waals surface area contributed by atoms with E-state index in [1.54, 1.807) is 21.0 Å². The SMILES string of the molecule is COc1ccc2c(c1)c(COC(C)(C)C(N)=O)nn2Cc1ccccc1. The Balaban J connectivity index is 1.97. The highest BCUT2D eigenvalue weighted by molar-refractivity contribution is 5.84. The third kappa shape index (κ3) is 3.70. The lowest BCUT2D eigenvalue weighted by Gasteiger charge is -2.20. The van der Waals surface area contributed by atoms with Gasteiger partial charge in [0.2, 0.25) is 5.91 Å². The highest BCUT2D eigenvalue weighted by Crippen LogP contribution is 2.26. The van der Waals surface area contributed by atoms with Crippen molar-refractivity contribution < 1.29 is 14.3 Å². The van der Waals surface area contributed by atoms with Crippen molar-refractivity contribution in [3.05, 3.63) is 59.8 Å². The molecule has 3 rings (SSSR count). The second-order valence-corrected chi connectivity index (χ2v) is 6.64. The zero-order chi connectivity index (χ0) is 18.7. The number of hydrogen-bond acceptors (Lipinski definition) is 4. The molecule has 6 heteroatoms. The lowest BCUT2D eigenvalue weighted by Crippen LogP contribution is -2.40. The normalized spacial score (nSPS) is 11.7. The molecule has 0 radical (unpaired) electrons.